The van der Waals surface area contributed by atoms with Gasteiger partial charge in [0.05, 0.1) is 16.9 Å². The van der Waals surface area contributed by atoms with Gasteiger partial charge in [0.2, 0.25) is 0 Å². The summed E-state index contributed by atoms with van der Waals surface area (Å²) >= 11 is 0. The fourth-order valence-electron chi connectivity index (χ4n) is 2.44. The fourth-order valence-corrected chi connectivity index (χ4v) is 2.44. The normalized spacial score (nSPS) is 11.6. The van der Waals surface area contributed by atoms with Crippen LogP contribution in [0.2, 0.25) is 0 Å². The second-order valence-corrected chi connectivity index (χ2v) is 6.20. The van der Waals surface area contributed by atoms with Crippen LogP contribution in [0.4, 0.5) is 26.3 Å². The average molecular weight is 488 g/mol. The van der Waals surface area contributed by atoms with Gasteiger partial charge in [-0.2, -0.15) is 35.7 Å². The zero-order valence-corrected chi connectivity index (χ0v) is 16.3. The second-order valence-electron chi connectivity index (χ2n) is 6.20. The molecule has 2 N–H and O–H groups in total. The van der Waals surface area contributed by atoms with Crippen LogP contribution in [0, 0.1) is 0 Å². The van der Waals surface area contributed by atoms with Gasteiger partial charge in [-0.3, -0.25) is 4.79 Å². The first kappa shape index (κ1) is 24.1. The first-order chi connectivity index (χ1) is 15.9. The topological polar surface area (TPSA) is 145 Å². The van der Waals surface area contributed by atoms with E-state index in [0.29, 0.717) is 15.6 Å². The Hall–Kier alpha value is -4.57. The molecule has 0 saturated carbocycles. The molecule has 0 fully saturated rings. The van der Waals surface area contributed by atoms with Crippen LogP contribution in [0.1, 0.15) is 22.0 Å². The van der Waals surface area contributed by atoms with E-state index in [1.54, 1.807) is 0 Å². The first-order valence-corrected chi connectivity index (χ1v) is 8.71. The van der Waals surface area contributed by atoms with Gasteiger partial charge >= 0.3 is 12.4 Å². The van der Waals surface area contributed by atoms with Crippen molar-refractivity contribution in [2.45, 2.75) is 12.4 Å². The Balaban J connectivity index is 0.000000192. The molecule has 0 amide bonds. The highest BCUT2D eigenvalue weighted by atomic mass is 19.4. The van der Waals surface area contributed by atoms with Crippen LogP contribution in [0.3, 0.4) is 0 Å². The highest BCUT2D eigenvalue weighted by Gasteiger charge is 2.39. The molecule has 4 rings (SSSR count). The van der Waals surface area contributed by atoms with Crippen LogP contribution in [0.15, 0.2) is 42.5 Å². The van der Waals surface area contributed by atoms with Gasteiger partial charge in [0.25, 0.3) is 11.6 Å². The van der Waals surface area contributed by atoms with Crippen LogP contribution in [0.5, 0.6) is 11.5 Å². The number of rotatable bonds is 3. The summed E-state index contributed by atoms with van der Waals surface area (Å²) < 4.78 is 75.9. The molecule has 0 spiro atoms. The Morgan fingerprint density at radius 2 is 1.21 bits per heavy atom. The van der Waals surface area contributed by atoms with Gasteiger partial charge in [0.1, 0.15) is 11.5 Å². The minimum Gasteiger partial charge on any atom is -0.508 e. The number of hydrogen-bond acceptors (Lipinski definition) is 9. The molecule has 11 nitrogen and oxygen atoms in total. The van der Waals surface area contributed by atoms with Crippen molar-refractivity contribution in [2.75, 3.05) is 0 Å². The maximum Gasteiger partial charge on any atom is 0.453 e. The molecule has 4 aromatic rings. The maximum atomic E-state index is 12.5. The van der Waals surface area contributed by atoms with Crippen molar-refractivity contribution in [3.63, 3.8) is 0 Å². The molecule has 2 aromatic carbocycles. The van der Waals surface area contributed by atoms with Crippen LogP contribution >= 0.6 is 0 Å². The van der Waals surface area contributed by atoms with Gasteiger partial charge in [-0.05, 0) is 63.3 Å². The summed E-state index contributed by atoms with van der Waals surface area (Å²) in [4.78, 5) is 10.6. The van der Waals surface area contributed by atoms with E-state index in [2.05, 4.69) is 31.1 Å². The van der Waals surface area contributed by atoms with Gasteiger partial charge in [-0.15, -0.1) is 10.2 Å². The van der Waals surface area contributed by atoms with Crippen molar-refractivity contribution in [1.82, 2.24) is 40.4 Å². The molecule has 2 heterocycles. The third-order valence-corrected chi connectivity index (χ3v) is 3.92. The minimum atomic E-state index is -4.72. The highest BCUT2D eigenvalue weighted by molar-refractivity contribution is 5.80. The molecule has 0 aliphatic heterocycles. The van der Waals surface area contributed by atoms with Crippen LogP contribution < -0.4 is 0 Å². The SMILES string of the molecule is O=Cc1cc(-n2nnnc2C(F)(F)F)ccc1O.Oc1ccc(-n2nnnc2C(F)(F)F)cc1. The molecule has 0 aliphatic carbocycles. The quantitative estimate of drug-likeness (QED) is 0.328. The number of tetrazole rings is 2. The molecule has 0 unspecified atom stereocenters. The number of aldehydes is 1. The standard InChI is InChI=1S/C9H5F3N4O2.C8H5F3N4O/c10-9(11,12)8-13-14-15-16(8)6-1-2-7(18)5(3-6)4-17;9-8(10,11)7-12-13-14-15(7)5-1-3-6(16)4-2-5/h1-4,18H;1-4,16H. The van der Waals surface area contributed by atoms with Crippen molar-refractivity contribution in [1.29, 1.82) is 0 Å². The third-order valence-electron chi connectivity index (χ3n) is 3.92. The number of carbonyl (C=O) groups excluding carboxylic acids is 1. The van der Waals surface area contributed by atoms with Gasteiger partial charge in [0.15, 0.2) is 6.29 Å². The molecular weight excluding hydrogens is 478 g/mol. The van der Waals surface area contributed by atoms with E-state index in [9.17, 15) is 36.2 Å². The molecule has 0 atom stereocenters. The first-order valence-electron chi connectivity index (χ1n) is 8.71. The number of aromatic nitrogens is 8. The lowest BCUT2D eigenvalue weighted by Crippen LogP contribution is -2.14. The van der Waals surface area contributed by atoms with E-state index in [-0.39, 0.29) is 28.4 Å². The maximum absolute atomic E-state index is 12.5. The predicted octanol–water partition coefficient (Wildman–Crippen LogP) is 2.59. The van der Waals surface area contributed by atoms with E-state index in [1.807, 2.05) is 0 Å². The monoisotopic (exact) mass is 488 g/mol. The van der Waals surface area contributed by atoms with Gasteiger partial charge in [-0.1, -0.05) is 0 Å². The number of phenolic OH excluding ortho intramolecular Hbond substituents is 2. The lowest BCUT2D eigenvalue weighted by molar-refractivity contribution is -0.147. The van der Waals surface area contributed by atoms with Crippen molar-refractivity contribution >= 4 is 6.29 Å². The molecule has 2 aromatic heterocycles. The number of nitrogens with zero attached hydrogens (tertiary/aromatic N) is 8. The lowest BCUT2D eigenvalue weighted by Gasteiger charge is -2.07. The summed E-state index contributed by atoms with van der Waals surface area (Å²) in [6.45, 7) is 0. The van der Waals surface area contributed by atoms with Crippen LogP contribution in [0.25, 0.3) is 11.4 Å². The Kier molecular flexibility index (Phi) is 6.46. The van der Waals surface area contributed by atoms with Gasteiger partial charge in [0, 0.05) is 0 Å². The molecule has 0 radical (unpaired) electrons. The Morgan fingerprint density at radius 3 is 1.68 bits per heavy atom. The van der Waals surface area contributed by atoms with Gasteiger partial charge < -0.3 is 10.2 Å². The molecule has 34 heavy (non-hydrogen) atoms. The van der Waals surface area contributed by atoms with E-state index in [0.717, 1.165) is 18.2 Å². The lowest BCUT2D eigenvalue weighted by atomic mass is 10.2. The van der Waals surface area contributed by atoms with Crippen LogP contribution in [-0.4, -0.2) is 56.9 Å². The molecule has 178 valence electrons. The molecular formula is C17H10F6N8O3. The van der Waals surface area contributed by atoms with Crippen molar-refractivity contribution in [2.24, 2.45) is 0 Å². The number of benzene rings is 2. The largest absolute Gasteiger partial charge is 0.508 e. The predicted molar refractivity (Wildman–Crippen MR) is 97.0 cm³/mol. The number of phenols is 2. The number of aromatic hydroxyl groups is 2. The smallest absolute Gasteiger partial charge is 0.453 e. The number of alkyl halides is 6. The summed E-state index contributed by atoms with van der Waals surface area (Å²) in [6, 6.07) is 8.35. The fraction of sp³-hybridized carbons (Fsp3) is 0.118. The minimum absolute atomic E-state index is 0.0506. The van der Waals surface area contributed by atoms with E-state index in [1.165, 1.54) is 24.3 Å². The summed E-state index contributed by atoms with van der Waals surface area (Å²) in [7, 11) is 0. The zero-order valence-electron chi connectivity index (χ0n) is 16.3. The Bertz CT molecular complexity index is 1280. The van der Waals surface area contributed by atoms with Crippen LogP contribution in [-0.2, 0) is 12.4 Å². The average Bonchev–Trinajstić information content (AvgIpc) is 3.45. The summed E-state index contributed by atoms with van der Waals surface area (Å²) in [5, 5.41) is 36.4. The molecule has 0 aliphatic rings. The molecule has 0 bridgehead atoms. The number of carbonyl (C=O) groups is 1. The van der Waals surface area contributed by atoms with Crippen molar-refractivity contribution in [3.05, 3.63) is 59.7 Å². The Labute approximate surface area is 183 Å². The summed E-state index contributed by atoms with van der Waals surface area (Å²) in [5.41, 5.74) is -0.113. The highest BCUT2D eigenvalue weighted by Crippen LogP contribution is 2.30. The van der Waals surface area contributed by atoms with E-state index >= 15 is 0 Å². The summed E-state index contributed by atoms with van der Waals surface area (Å²) in [5.74, 6) is -2.91. The Morgan fingerprint density at radius 1 is 0.735 bits per heavy atom. The number of hydrogen-bond donors (Lipinski definition) is 2. The van der Waals surface area contributed by atoms with Crippen molar-refractivity contribution in [3.8, 4) is 22.9 Å². The zero-order chi connectivity index (χ0) is 25.1. The molecule has 17 heteroatoms. The molecule has 0 saturated heterocycles. The van der Waals surface area contributed by atoms with Gasteiger partial charge in [-0.25, -0.2) is 0 Å². The van der Waals surface area contributed by atoms with Crippen molar-refractivity contribution < 1.29 is 41.4 Å². The van der Waals surface area contributed by atoms with E-state index in [4.69, 9.17) is 5.11 Å². The summed E-state index contributed by atoms with van der Waals surface area (Å²) in [6.07, 6.45) is -9.03. The second kappa shape index (κ2) is 9.12. The number of halogens is 6. The third kappa shape index (κ3) is 5.25. The van der Waals surface area contributed by atoms with E-state index < -0.39 is 24.0 Å².